The topological polar surface area (TPSA) is 70.6 Å². The summed E-state index contributed by atoms with van der Waals surface area (Å²) in [5.41, 5.74) is 0.921. The largest absolute Gasteiger partial charge is 0.342 e. The van der Waals surface area contributed by atoms with Crippen LogP contribution in [-0.4, -0.2) is 53.4 Å². The van der Waals surface area contributed by atoms with Gasteiger partial charge >= 0.3 is 0 Å². The van der Waals surface area contributed by atoms with E-state index in [9.17, 15) is 13.2 Å². The van der Waals surface area contributed by atoms with Crippen molar-refractivity contribution in [3.8, 4) is 0 Å². The second-order valence-electron chi connectivity index (χ2n) is 7.53. The van der Waals surface area contributed by atoms with Crippen LogP contribution in [0.5, 0.6) is 0 Å². The third-order valence-corrected chi connectivity index (χ3v) is 8.39. The summed E-state index contributed by atoms with van der Waals surface area (Å²) in [7, 11) is -3.30. The Balaban J connectivity index is 1.44. The van der Waals surface area contributed by atoms with Gasteiger partial charge in [0.25, 0.3) is 0 Å². The van der Waals surface area contributed by atoms with E-state index in [1.54, 1.807) is 16.7 Å². The number of likely N-dealkylation sites (tertiary alicyclic amines) is 1. The zero-order valence-corrected chi connectivity index (χ0v) is 15.2. The molecule has 1 saturated carbocycles. The molecule has 2 aliphatic heterocycles. The summed E-state index contributed by atoms with van der Waals surface area (Å²) in [5, 5.41) is -0.344. The van der Waals surface area contributed by atoms with Gasteiger partial charge in [0.05, 0.1) is 5.25 Å². The van der Waals surface area contributed by atoms with Crippen molar-refractivity contribution in [1.29, 1.82) is 0 Å². The van der Waals surface area contributed by atoms with Crippen LogP contribution in [0.1, 0.15) is 37.7 Å². The van der Waals surface area contributed by atoms with Crippen LogP contribution in [0.4, 0.5) is 0 Å². The lowest BCUT2D eigenvalue weighted by Gasteiger charge is -2.31. The van der Waals surface area contributed by atoms with Gasteiger partial charge in [-0.25, -0.2) is 8.42 Å². The molecule has 2 atom stereocenters. The number of rotatable bonds is 3. The van der Waals surface area contributed by atoms with E-state index in [1.165, 1.54) is 0 Å². The minimum Gasteiger partial charge on any atom is -0.342 e. The van der Waals surface area contributed by atoms with Crippen LogP contribution in [0.25, 0.3) is 0 Å². The van der Waals surface area contributed by atoms with Crippen molar-refractivity contribution >= 4 is 15.9 Å². The molecule has 4 rings (SSSR count). The highest BCUT2D eigenvalue weighted by molar-refractivity contribution is 7.90. The Bertz CT molecular complexity index is 733. The molecule has 1 aliphatic carbocycles. The minimum atomic E-state index is -3.30. The molecule has 1 amide bonds. The van der Waals surface area contributed by atoms with Gasteiger partial charge in [0.2, 0.25) is 15.9 Å². The summed E-state index contributed by atoms with van der Waals surface area (Å²) in [6.45, 7) is 2.24. The first-order valence-corrected chi connectivity index (χ1v) is 10.7. The maximum absolute atomic E-state index is 13.0. The van der Waals surface area contributed by atoms with Gasteiger partial charge in [0.1, 0.15) is 0 Å². The van der Waals surface area contributed by atoms with E-state index in [0.717, 1.165) is 31.2 Å². The number of pyridine rings is 1. The Kier molecular flexibility index (Phi) is 4.54. The fraction of sp³-hybridized carbons (Fsp3) is 0.667. The van der Waals surface area contributed by atoms with E-state index in [1.807, 2.05) is 17.0 Å². The molecule has 1 aromatic heterocycles. The molecule has 7 heteroatoms. The zero-order chi connectivity index (χ0) is 17.4. The molecule has 3 aliphatic rings. The van der Waals surface area contributed by atoms with Gasteiger partial charge in [0, 0.05) is 44.5 Å². The van der Waals surface area contributed by atoms with Gasteiger partial charge < -0.3 is 4.90 Å². The normalized spacial score (nSPS) is 29.7. The molecule has 136 valence electrons. The number of amides is 1. The number of sulfonamides is 1. The maximum atomic E-state index is 13.0. The second kappa shape index (κ2) is 6.68. The number of fused-ring (bicyclic) bond motifs is 1. The lowest BCUT2D eigenvalue weighted by molar-refractivity contribution is -0.138. The molecule has 0 bridgehead atoms. The standard InChI is InChI=1S/C18H25N3O3S/c22-18(15-4-1-5-15)20-9-6-16-13-21(12-14-3-2-8-19-11-14)25(23,24)17(16)7-10-20/h2-3,8,11,15-17H,1,4-7,9-10,12-13H2/t16-,17-/m1/s1. The third-order valence-electron chi connectivity index (χ3n) is 6.01. The molecular formula is C18H25N3O3S. The van der Waals surface area contributed by atoms with Crippen LogP contribution in [0, 0.1) is 11.8 Å². The highest BCUT2D eigenvalue weighted by Gasteiger charge is 2.47. The summed E-state index contributed by atoms with van der Waals surface area (Å²) in [5.74, 6) is 0.563. The van der Waals surface area contributed by atoms with Crippen molar-refractivity contribution in [2.24, 2.45) is 11.8 Å². The van der Waals surface area contributed by atoms with Crippen molar-refractivity contribution in [2.45, 2.75) is 43.9 Å². The predicted octanol–water partition coefficient (Wildman–Crippen LogP) is 1.63. The number of aromatic nitrogens is 1. The molecule has 1 aromatic rings. The summed E-state index contributed by atoms with van der Waals surface area (Å²) in [6.07, 6.45) is 7.91. The molecule has 0 aromatic carbocycles. The molecule has 3 heterocycles. The summed E-state index contributed by atoms with van der Waals surface area (Å²) >= 11 is 0. The van der Waals surface area contributed by atoms with Crippen LogP contribution in [-0.2, 0) is 21.4 Å². The summed E-state index contributed by atoms with van der Waals surface area (Å²) in [6, 6.07) is 3.75. The Labute approximate surface area is 149 Å². The van der Waals surface area contributed by atoms with E-state index in [4.69, 9.17) is 0 Å². The molecule has 0 spiro atoms. The zero-order valence-electron chi connectivity index (χ0n) is 14.4. The first kappa shape index (κ1) is 17.0. The first-order chi connectivity index (χ1) is 12.1. The Morgan fingerprint density at radius 3 is 2.68 bits per heavy atom. The van der Waals surface area contributed by atoms with Gasteiger partial charge in [-0.3, -0.25) is 9.78 Å². The van der Waals surface area contributed by atoms with E-state index >= 15 is 0 Å². The third kappa shape index (κ3) is 3.19. The van der Waals surface area contributed by atoms with Gasteiger partial charge in [-0.2, -0.15) is 4.31 Å². The number of carbonyl (C=O) groups excluding carboxylic acids is 1. The van der Waals surface area contributed by atoms with Crippen LogP contribution in [0.3, 0.4) is 0 Å². The fourth-order valence-corrected chi connectivity index (χ4v) is 6.50. The van der Waals surface area contributed by atoms with Gasteiger partial charge in [-0.1, -0.05) is 12.5 Å². The van der Waals surface area contributed by atoms with E-state index in [-0.39, 0.29) is 23.0 Å². The smallest absolute Gasteiger partial charge is 0.225 e. The van der Waals surface area contributed by atoms with Crippen molar-refractivity contribution < 1.29 is 13.2 Å². The molecule has 2 saturated heterocycles. The Morgan fingerprint density at radius 2 is 2.00 bits per heavy atom. The van der Waals surface area contributed by atoms with Crippen molar-refractivity contribution in [3.05, 3.63) is 30.1 Å². The van der Waals surface area contributed by atoms with Crippen LogP contribution < -0.4 is 0 Å². The predicted molar refractivity (Wildman–Crippen MR) is 94.0 cm³/mol. The van der Waals surface area contributed by atoms with Crippen molar-refractivity contribution in [2.75, 3.05) is 19.6 Å². The molecular weight excluding hydrogens is 338 g/mol. The molecule has 3 fully saturated rings. The Morgan fingerprint density at radius 1 is 1.20 bits per heavy atom. The lowest BCUT2D eigenvalue weighted by atomic mass is 9.84. The number of carbonyl (C=O) groups is 1. The number of hydrogen-bond donors (Lipinski definition) is 0. The lowest BCUT2D eigenvalue weighted by Crippen LogP contribution is -2.40. The van der Waals surface area contributed by atoms with E-state index in [2.05, 4.69) is 4.98 Å². The van der Waals surface area contributed by atoms with E-state index in [0.29, 0.717) is 32.6 Å². The average molecular weight is 363 g/mol. The molecule has 25 heavy (non-hydrogen) atoms. The quantitative estimate of drug-likeness (QED) is 0.818. The van der Waals surface area contributed by atoms with Gasteiger partial charge in [-0.15, -0.1) is 0 Å². The van der Waals surface area contributed by atoms with E-state index < -0.39 is 10.0 Å². The summed E-state index contributed by atoms with van der Waals surface area (Å²) in [4.78, 5) is 18.5. The number of nitrogens with zero attached hydrogens (tertiary/aromatic N) is 3. The van der Waals surface area contributed by atoms with Crippen molar-refractivity contribution in [3.63, 3.8) is 0 Å². The average Bonchev–Trinajstić information content (AvgIpc) is 2.70. The first-order valence-electron chi connectivity index (χ1n) is 9.22. The Hall–Kier alpha value is -1.47. The molecule has 6 nitrogen and oxygen atoms in total. The van der Waals surface area contributed by atoms with Gasteiger partial charge in [-0.05, 0) is 43.2 Å². The highest BCUT2D eigenvalue weighted by atomic mass is 32.2. The molecule has 0 radical (unpaired) electrons. The van der Waals surface area contributed by atoms with Gasteiger partial charge in [0.15, 0.2) is 0 Å². The summed E-state index contributed by atoms with van der Waals surface area (Å²) < 4.78 is 27.5. The van der Waals surface area contributed by atoms with Crippen LogP contribution >= 0.6 is 0 Å². The van der Waals surface area contributed by atoms with Crippen molar-refractivity contribution in [1.82, 2.24) is 14.2 Å². The second-order valence-corrected chi connectivity index (χ2v) is 9.68. The number of hydrogen-bond acceptors (Lipinski definition) is 4. The SMILES string of the molecule is O=C(C1CCC1)N1CC[C@@H]2CN(Cc3cccnc3)S(=O)(=O)[C@@H]2CC1. The minimum absolute atomic E-state index is 0.126. The highest BCUT2D eigenvalue weighted by Crippen LogP contribution is 2.36. The maximum Gasteiger partial charge on any atom is 0.225 e. The monoisotopic (exact) mass is 363 g/mol. The van der Waals surface area contributed by atoms with Crippen LogP contribution in [0.15, 0.2) is 24.5 Å². The fourth-order valence-electron chi connectivity index (χ4n) is 4.28. The molecule has 0 unspecified atom stereocenters. The molecule has 0 N–H and O–H groups in total. The van der Waals surface area contributed by atoms with Crippen LogP contribution in [0.2, 0.25) is 0 Å².